The second-order valence-corrected chi connectivity index (χ2v) is 13.0. The van der Waals surface area contributed by atoms with Gasteiger partial charge in [0.25, 0.3) is 11.8 Å². The van der Waals surface area contributed by atoms with Gasteiger partial charge in [-0.1, -0.05) is 84.2 Å². The Kier molecular flexibility index (Phi) is 14.6. The van der Waals surface area contributed by atoms with E-state index in [0.717, 1.165) is 47.5 Å². The lowest BCUT2D eigenvalue weighted by atomic mass is 10.1. The maximum atomic E-state index is 13.1. The van der Waals surface area contributed by atoms with Crippen molar-refractivity contribution in [3.8, 4) is 23.0 Å². The summed E-state index contributed by atoms with van der Waals surface area (Å²) in [6.45, 7) is 5.48. The maximum absolute atomic E-state index is 13.1. The lowest BCUT2D eigenvalue weighted by Crippen LogP contribution is -2.14. The van der Waals surface area contributed by atoms with E-state index >= 15 is 0 Å². The summed E-state index contributed by atoms with van der Waals surface area (Å²) < 4.78 is 19.5. The average Bonchev–Trinajstić information content (AvgIpc) is 3.07. The first-order valence-electron chi connectivity index (χ1n) is 16.2. The van der Waals surface area contributed by atoms with Crippen molar-refractivity contribution in [3.05, 3.63) is 105 Å². The van der Waals surface area contributed by atoms with Gasteiger partial charge in [0.15, 0.2) is 0 Å². The van der Waals surface area contributed by atoms with Crippen LogP contribution in [0.25, 0.3) is 0 Å². The molecule has 47 heavy (non-hydrogen) atoms. The fraction of sp³-hybridized carbons (Fsp3) is 0.316. The fourth-order valence-corrected chi connectivity index (χ4v) is 5.50. The SMILES string of the molecule is CCCCCCOc1ccc(Br)cc1C(=O)Nc1ccc(Oc2ccc(NC(=O)c3cc(Br)ccc3OCCCCCC)cc2)cc1. The van der Waals surface area contributed by atoms with Crippen molar-refractivity contribution in [3.63, 3.8) is 0 Å². The van der Waals surface area contributed by atoms with E-state index in [1.807, 2.05) is 24.3 Å². The zero-order valence-electron chi connectivity index (χ0n) is 27.0. The number of nitrogens with one attached hydrogen (secondary N) is 2. The summed E-state index contributed by atoms with van der Waals surface area (Å²) in [5.41, 5.74) is 2.19. The Labute approximate surface area is 294 Å². The van der Waals surface area contributed by atoms with Crippen molar-refractivity contribution in [1.82, 2.24) is 0 Å². The van der Waals surface area contributed by atoms with Crippen molar-refractivity contribution in [2.45, 2.75) is 65.2 Å². The van der Waals surface area contributed by atoms with E-state index in [4.69, 9.17) is 14.2 Å². The number of hydrogen-bond acceptors (Lipinski definition) is 5. The lowest BCUT2D eigenvalue weighted by molar-refractivity contribution is 0.101. The molecule has 0 saturated carbocycles. The lowest BCUT2D eigenvalue weighted by Gasteiger charge is -2.13. The van der Waals surface area contributed by atoms with Crippen LogP contribution in [0.15, 0.2) is 93.9 Å². The van der Waals surface area contributed by atoms with Crippen LogP contribution < -0.4 is 24.8 Å². The van der Waals surface area contributed by atoms with Gasteiger partial charge in [-0.2, -0.15) is 0 Å². The molecular weight excluding hydrogens is 724 g/mol. The molecule has 0 aliphatic carbocycles. The van der Waals surface area contributed by atoms with E-state index in [1.54, 1.807) is 60.7 Å². The van der Waals surface area contributed by atoms with Crippen molar-refractivity contribution >= 4 is 55.0 Å². The van der Waals surface area contributed by atoms with Crippen molar-refractivity contribution < 1.29 is 23.8 Å². The molecule has 4 aromatic rings. The summed E-state index contributed by atoms with van der Waals surface area (Å²) in [6.07, 6.45) is 8.76. The van der Waals surface area contributed by atoms with Gasteiger partial charge in [0.2, 0.25) is 0 Å². The highest BCUT2D eigenvalue weighted by Crippen LogP contribution is 2.29. The standard InChI is InChI=1S/C38H42Br2N2O5/c1-3-5-7-9-23-45-35-21-11-27(39)25-33(35)37(43)41-29-13-17-31(18-14-29)47-32-19-15-30(16-20-32)42-38(44)34-26-28(40)12-22-36(34)46-24-10-8-6-4-2/h11-22,25-26H,3-10,23-24H2,1-2H3,(H,41,43)(H,42,44). The number of unbranched alkanes of at least 4 members (excludes halogenated alkanes) is 6. The Hall–Kier alpha value is -3.82. The zero-order chi connectivity index (χ0) is 33.4. The van der Waals surface area contributed by atoms with Gasteiger partial charge in [-0.3, -0.25) is 9.59 Å². The number of carbonyl (C=O) groups excluding carboxylic acids is 2. The van der Waals surface area contributed by atoms with E-state index < -0.39 is 0 Å². The third kappa shape index (κ3) is 11.7. The van der Waals surface area contributed by atoms with Crippen molar-refractivity contribution in [2.24, 2.45) is 0 Å². The van der Waals surface area contributed by atoms with Gasteiger partial charge < -0.3 is 24.8 Å². The molecule has 4 aromatic carbocycles. The van der Waals surface area contributed by atoms with Crippen LogP contribution in [-0.4, -0.2) is 25.0 Å². The second kappa shape index (κ2) is 19.1. The number of carbonyl (C=O) groups is 2. The van der Waals surface area contributed by atoms with E-state index in [0.29, 0.717) is 58.7 Å². The van der Waals surface area contributed by atoms with E-state index in [-0.39, 0.29) is 11.8 Å². The molecule has 2 N–H and O–H groups in total. The van der Waals surface area contributed by atoms with Crippen LogP contribution >= 0.6 is 31.9 Å². The minimum Gasteiger partial charge on any atom is -0.493 e. The predicted octanol–water partition coefficient (Wildman–Crippen LogP) is 11.4. The van der Waals surface area contributed by atoms with Gasteiger partial charge in [0.1, 0.15) is 23.0 Å². The average molecular weight is 767 g/mol. The van der Waals surface area contributed by atoms with E-state index in [1.165, 1.54) is 12.8 Å². The summed E-state index contributed by atoms with van der Waals surface area (Å²) in [7, 11) is 0. The highest BCUT2D eigenvalue weighted by atomic mass is 79.9. The van der Waals surface area contributed by atoms with Crippen LogP contribution in [0.5, 0.6) is 23.0 Å². The third-order valence-electron chi connectivity index (χ3n) is 7.34. The van der Waals surface area contributed by atoms with Gasteiger partial charge in [0.05, 0.1) is 24.3 Å². The molecule has 0 bridgehead atoms. The quantitative estimate of drug-likeness (QED) is 0.0985. The highest BCUT2D eigenvalue weighted by Gasteiger charge is 2.16. The number of halogens is 2. The second-order valence-electron chi connectivity index (χ2n) is 11.2. The molecule has 0 saturated heterocycles. The van der Waals surface area contributed by atoms with Crippen LogP contribution in [-0.2, 0) is 0 Å². The van der Waals surface area contributed by atoms with Gasteiger partial charge in [0, 0.05) is 20.3 Å². The highest BCUT2D eigenvalue weighted by molar-refractivity contribution is 9.10. The summed E-state index contributed by atoms with van der Waals surface area (Å²) in [4.78, 5) is 26.3. The number of amides is 2. The molecular formula is C38H42Br2N2O5. The predicted molar refractivity (Wildman–Crippen MR) is 196 cm³/mol. The molecule has 0 atom stereocenters. The van der Waals surface area contributed by atoms with Crippen LogP contribution in [0.4, 0.5) is 11.4 Å². The molecule has 0 unspecified atom stereocenters. The Morgan fingerprint density at radius 1 is 0.553 bits per heavy atom. The normalized spacial score (nSPS) is 10.7. The van der Waals surface area contributed by atoms with Gasteiger partial charge in [-0.15, -0.1) is 0 Å². The Morgan fingerprint density at radius 2 is 0.957 bits per heavy atom. The van der Waals surface area contributed by atoms with Crippen LogP contribution in [0.1, 0.15) is 85.9 Å². The van der Waals surface area contributed by atoms with Crippen LogP contribution in [0.3, 0.4) is 0 Å². The molecule has 0 aliphatic rings. The Morgan fingerprint density at radius 3 is 1.34 bits per heavy atom. The van der Waals surface area contributed by atoms with Gasteiger partial charge in [-0.05, 0) is 97.8 Å². The van der Waals surface area contributed by atoms with Crippen molar-refractivity contribution in [2.75, 3.05) is 23.8 Å². The molecule has 248 valence electrons. The number of anilines is 2. The van der Waals surface area contributed by atoms with Gasteiger partial charge in [-0.25, -0.2) is 0 Å². The molecule has 0 aromatic heterocycles. The number of benzene rings is 4. The topological polar surface area (TPSA) is 85.9 Å². The molecule has 0 spiro atoms. The summed E-state index contributed by atoms with van der Waals surface area (Å²) in [5.74, 6) is 1.82. The molecule has 2 amide bonds. The van der Waals surface area contributed by atoms with Crippen molar-refractivity contribution in [1.29, 1.82) is 0 Å². The summed E-state index contributed by atoms with van der Waals surface area (Å²) in [6, 6.07) is 25.2. The first-order chi connectivity index (χ1) is 22.9. The zero-order valence-corrected chi connectivity index (χ0v) is 30.1. The van der Waals surface area contributed by atoms with Gasteiger partial charge >= 0.3 is 0 Å². The minimum atomic E-state index is -0.255. The Bertz CT molecular complexity index is 1470. The smallest absolute Gasteiger partial charge is 0.259 e. The largest absolute Gasteiger partial charge is 0.493 e. The molecule has 7 nitrogen and oxygen atoms in total. The third-order valence-corrected chi connectivity index (χ3v) is 8.33. The maximum Gasteiger partial charge on any atom is 0.259 e. The fourth-order valence-electron chi connectivity index (χ4n) is 4.78. The van der Waals surface area contributed by atoms with Crippen LogP contribution in [0.2, 0.25) is 0 Å². The van der Waals surface area contributed by atoms with Crippen LogP contribution in [0, 0.1) is 0 Å². The molecule has 0 aliphatic heterocycles. The minimum absolute atomic E-state index is 0.255. The number of hydrogen-bond donors (Lipinski definition) is 2. The Balaban J connectivity index is 1.31. The molecule has 0 heterocycles. The monoisotopic (exact) mass is 764 g/mol. The first kappa shape index (κ1) is 36.0. The summed E-state index contributed by atoms with van der Waals surface area (Å²) >= 11 is 6.92. The number of ether oxygens (including phenoxy) is 3. The molecule has 4 rings (SSSR count). The number of rotatable bonds is 18. The first-order valence-corrected chi connectivity index (χ1v) is 17.8. The molecule has 0 fully saturated rings. The summed E-state index contributed by atoms with van der Waals surface area (Å²) in [5, 5.41) is 5.89. The molecule has 0 radical (unpaired) electrons. The molecule has 9 heteroatoms. The van der Waals surface area contributed by atoms with E-state index in [9.17, 15) is 9.59 Å². The van der Waals surface area contributed by atoms with E-state index in [2.05, 4.69) is 56.3 Å².